The van der Waals surface area contributed by atoms with Crippen LogP contribution in [0.2, 0.25) is 0 Å². The molecule has 0 heterocycles. The van der Waals surface area contributed by atoms with Crippen molar-refractivity contribution in [2.24, 2.45) is 5.92 Å². The van der Waals surface area contributed by atoms with Gasteiger partial charge in [0.2, 0.25) is 5.91 Å². The van der Waals surface area contributed by atoms with Gasteiger partial charge in [0.05, 0.1) is 6.04 Å². The summed E-state index contributed by atoms with van der Waals surface area (Å²) in [6.07, 6.45) is 3.43. The Morgan fingerprint density at radius 2 is 1.96 bits per heavy atom. The molecule has 2 aromatic rings. The molecule has 5 nitrogen and oxygen atoms in total. The van der Waals surface area contributed by atoms with Crippen LogP contribution in [0.25, 0.3) is 0 Å². The Morgan fingerprint density at radius 1 is 1.18 bits per heavy atom. The molecule has 0 saturated carbocycles. The van der Waals surface area contributed by atoms with Crippen molar-refractivity contribution >= 4 is 23.2 Å². The number of anilines is 2. The summed E-state index contributed by atoms with van der Waals surface area (Å²) in [5.74, 6) is 0.199. The van der Waals surface area contributed by atoms with Crippen molar-refractivity contribution in [1.29, 1.82) is 0 Å². The van der Waals surface area contributed by atoms with E-state index in [1.54, 1.807) is 12.1 Å². The van der Waals surface area contributed by atoms with Crippen molar-refractivity contribution in [3.05, 3.63) is 58.7 Å². The smallest absolute Gasteiger partial charge is 0.251 e. The van der Waals surface area contributed by atoms with Crippen LogP contribution in [0.3, 0.4) is 0 Å². The van der Waals surface area contributed by atoms with E-state index in [4.69, 9.17) is 5.73 Å². The molecule has 2 aromatic carbocycles. The Labute approximate surface area is 166 Å². The largest absolute Gasteiger partial charge is 0.399 e. The van der Waals surface area contributed by atoms with Crippen molar-refractivity contribution < 1.29 is 9.59 Å². The zero-order valence-corrected chi connectivity index (χ0v) is 16.8. The van der Waals surface area contributed by atoms with Gasteiger partial charge in [-0.05, 0) is 79.1 Å². The number of hydrogen-bond acceptors (Lipinski definition) is 3. The molecule has 0 fully saturated rings. The minimum Gasteiger partial charge on any atom is -0.399 e. The number of benzene rings is 2. The van der Waals surface area contributed by atoms with Gasteiger partial charge in [-0.3, -0.25) is 9.59 Å². The van der Waals surface area contributed by atoms with Crippen LogP contribution in [0.15, 0.2) is 36.4 Å². The Kier molecular flexibility index (Phi) is 6.02. The lowest BCUT2D eigenvalue weighted by atomic mass is 9.87. The molecule has 1 atom stereocenters. The van der Waals surface area contributed by atoms with Crippen LogP contribution in [-0.4, -0.2) is 11.8 Å². The number of nitrogens with two attached hydrogens (primary N) is 1. The van der Waals surface area contributed by atoms with Crippen LogP contribution in [0.1, 0.15) is 66.2 Å². The topological polar surface area (TPSA) is 84.2 Å². The van der Waals surface area contributed by atoms with E-state index in [9.17, 15) is 9.59 Å². The molecule has 148 valence electrons. The lowest BCUT2D eigenvalue weighted by Gasteiger charge is -2.27. The summed E-state index contributed by atoms with van der Waals surface area (Å²) in [5, 5.41) is 6.08. The predicted molar refractivity (Wildman–Crippen MR) is 113 cm³/mol. The van der Waals surface area contributed by atoms with Crippen LogP contribution in [0.4, 0.5) is 11.4 Å². The second-order valence-corrected chi connectivity index (χ2v) is 8.05. The SMILES string of the molecule is Cc1cc(C(=O)NC2CCCc3cc(N)ccc32)ccc1NC(=O)CC(C)C. The van der Waals surface area contributed by atoms with Gasteiger partial charge in [-0.2, -0.15) is 0 Å². The molecule has 0 saturated heterocycles. The average Bonchev–Trinajstić information content (AvgIpc) is 2.62. The number of carbonyl (C=O) groups excluding carboxylic acids is 2. The molecular weight excluding hydrogens is 350 g/mol. The van der Waals surface area contributed by atoms with Crippen molar-refractivity contribution in [2.75, 3.05) is 11.1 Å². The number of amides is 2. The fraction of sp³-hybridized carbons (Fsp3) is 0.391. The third-order valence-corrected chi connectivity index (χ3v) is 5.14. The van der Waals surface area contributed by atoms with Crippen LogP contribution in [0.5, 0.6) is 0 Å². The van der Waals surface area contributed by atoms with Gasteiger partial charge in [0.1, 0.15) is 0 Å². The molecule has 0 aromatic heterocycles. The lowest BCUT2D eigenvalue weighted by molar-refractivity contribution is -0.116. The highest BCUT2D eigenvalue weighted by molar-refractivity contribution is 5.96. The van der Waals surface area contributed by atoms with Gasteiger partial charge < -0.3 is 16.4 Å². The second-order valence-electron chi connectivity index (χ2n) is 8.05. The summed E-state index contributed by atoms with van der Waals surface area (Å²) in [6, 6.07) is 11.3. The van der Waals surface area contributed by atoms with Crippen LogP contribution < -0.4 is 16.4 Å². The van der Waals surface area contributed by atoms with Crippen molar-refractivity contribution in [3.63, 3.8) is 0 Å². The fourth-order valence-corrected chi connectivity index (χ4v) is 3.74. The van der Waals surface area contributed by atoms with E-state index in [-0.39, 0.29) is 17.9 Å². The minimum absolute atomic E-state index is 0.00239. The number of aryl methyl sites for hydroxylation is 2. The van der Waals surface area contributed by atoms with Gasteiger partial charge in [0, 0.05) is 23.4 Å². The van der Waals surface area contributed by atoms with Gasteiger partial charge in [-0.25, -0.2) is 0 Å². The van der Waals surface area contributed by atoms with Gasteiger partial charge in [0.25, 0.3) is 5.91 Å². The summed E-state index contributed by atoms with van der Waals surface area (Å²) in [7, 11) is 0. The van der Waals surface area contributed by atoms with Gasteiger partial charge in [-0.15, -0.1) is 0 Å². The van der Waals surface area contributed by atoms with Crippen LogP contribution >= 0.6 is 0 Å². The molecule has 2 amide bonds. The summed E-state index contributed by atoms with van der Waals surface area (Å²) in [6.45, 7) is 5.93. The van der Waals surface area contributed by atoms with E-state index >= 15 is 0 Å². The van der Waals surface area contributed by atoms with E-state index in [0.717, 1.165) is 41.8 Å². The van der Waals surface area contributed by atoms with Gasteiger partial charge in [0.15, 0.2) is 0 Å². The Morgan fingerprint density at radius 3 is 2.68 bits per heavy atom. The van der Waals surface area contributed by atoms with E-state index in [1.807, 2.05) is 45.0 Å². The highest BCUT2D eigenvalue weighted by atomic mass is 16.2. The first-order chi connectivity index (χ1) is 13.3. The molecule has 0 radical (unpaired) electrons. The number of nitrogen functional groups attached to an aromatic ring is 1. The molecule has 3 rings (SSSR count). The van der Waals surface area contributed by atoms with E-state index in [0.29, 0.717) is 17.9 Å². The zero-order valence-electron chi connectivity index (χ0n) is 16.8. The normalized spacial score (nSPS) is 15.8. The van der Waals surface area contributed by atoms with Crippen LogP contribution in [-0.2, 0) is 11.2 Å². The number of carbonyl (C=O) groups is 2. The number of hydrogen-bond donors (Lipinski definition) is 3. The first-order valence-electron chi connectivity index (χ1n) is 9.93. The van der Waals surface area contributed by atoms with Crippen LogP contribution in [0, 0.1) is 12.8 Å². The summed E-state index contributed by atoms with van der Waals surface area (Å²) in [4.78, 5) is 24.8. The number of rotatable bonds is 5. The number of fused-ring (bicyclic) bond motifs is 1. The highest BCUT2D eigenvalue weighted by Crippen LogP contribution is 2.31. The first kappa shape index (κ1) is 19.9. The summed E-state index contributed by atoms with van der Waals surface area (Å²) >= 11 is 0. The molecular formula is C23H29N3O2. The maximum Gasteiger partial charge on any atom is 0.251 e. The van der Waals surface area contributed by atoms with E-state index in [2.05, 4.69) is 10.6 Å². The van der Waals surface area contributed by atoms with Crippen molar-refractivity contribution in [3.8, 4) is 0 Å². The molecule has 28 heavy (non-hydrogen) atoms. The standard InChI is InChI=1S/C23H29N3O2/c1-14(2)11-22(27)25-20-10-7-17(12-15(20)3)23(28)26-21-6-4-5-16-13-18(24)8-9-19(16)21/h7-10,12-14,21H,4-6,11,24H2,1-3H3,(H,25,27)(H,26,28). The molecule has 0 spiro atoms. The Hall–Kier alpha value is -2.82. The monoisotopic (exact) mass is 379 g/mol. The maximum atomic E-state index is 12.8. The fourth-order valence-electron chi connectivity index (χ4n) is 3.74. The predicted octanol–water partition coefficient (Wildman–Crippen LogP) is 4.37. The lowest BCUT2D eigenvalue weighted by Crippen LogP contribution is -2.31. The van der Waals surface area contributed by atoms with Gasteiger partial charge >= 0.3 is 0 Å². The molecule has 1 aliphatic rings. The molecule has 0 aliphatic heterocycles. The Balaban J connectivity index is 1.70. The van der Waals surface area contributed by atoms with E-state index < -0.39 is 0 Å². The minimum atomic E-state index is -0.0992. The summed E-state index contributed by atoms with van der Waals surface area (Å²) in [5.41, 5.74) is 11.3. The Bertz CT molecular complexity index is 889. The molecule has 1 unspecified atom stereocenters. The second kappa shape index (κ2) is 8.46. The third kappa shape index (κ3) is 4.71. The number of nitrogens with one attached hydrogen (secondary N) is 2. The average molecular weight is 380 g/mol. The molecule has 1 aliphatic carbocycles. The maximum absolute atomic E-state index is 12.8. The van der Waals surface area contributed by atoms with Crippen molar-refractivity contribution in [1.82, 2.24) is 5.32 Å². The van der Waals surface area contributed by atoms with Crippen molar-refractivity contribution in [2.45, 2.75) is 52.5 Å². The summed E-state index contributed by atoms with van der Waals surface area (Å²) < 4.78 is 0. The molecule has 4 N–H and O–H groups in total. The highest BCUT2D eigenvalue weighted by Gasteiger charge is 2.22. The zero-order chi connectivity index (χ0) is 20.3. The molecule has 0 bridgehead atoms. The molecule has 5 heteroatoms. The van der Waals surface area contributed by atoms with E-state index in [1.165, 1.54) is 5.56 Å². The third-order valence-electron chi connectivity index (χ3n) is 5.14. The van der Waals surface area contributed by atoms with Gasteiger partial charge in [-0.1, -0.05) is 19.9 Å². The first-order valence-corrected chi connectivity index (χ1v) is 9.93. The quantitative estimate of drug-likeness (QED) is 0.675.